The van der Waals surface area contributed by atoms with Gasteiger partial charge in [0.05, 0.1) is 11.7 Å². The number of carbonyl (C=O) groups excluding carboxylic acids is 1. The molecule has 1 aromatic rings. The highest BCUT2D eigenvalue weighted by atomic mass is 16.5. The van der Waals surface area contributed by atoms with E-state index in [4.69, 9.17) is 15.6 Å². The normalized spacial score (nSPS) is 12.1. The lowest BCUT2D eigenvalue weighted by Crippen LogP contribution is -2.16. The largest absolute Gasteiger partial charge is 0.459 e. The van der Waals surface area contributed by atoms with Gasteiger partial charge in [0.1, 0.15) is 6.61 Å². The summed E-state index contributed by atoms with van der Waals surface area (Å²) in [6.45, 7) is 1.52. The molecule has 0 aliphatic heterocycles. The Morgan fingerprint density at radius 3 is 2.79 bits per heavy atom. The number of ether oxygens (including phenoxy) is 1. The van der Waals surface area contributed by atoms with Crippen molar-refractivity contribution in [1.29, 1.82) is 0 Å². The molecule has 76 valence electrons. The van der Waals surface area contributed by atoms with Crippen molar-refractivity contribution in [3.63, 3.8) is 0 Å². The fourth-order valence-electron chi connectivity index (χ4n) is 0.957. The molecule has 3 N–H and O–H groups in total. The topological polar surface area (TPSA) is 72.5 Å². The molecule has 0 radical (unpaired) electrons. The highest BCUT2D eigenvalue weighted by Crippen LogP contribution is 2.11. The molecule has 4 nitrogen and oxygen atoms in total. The summed E-state index contributed by atoms with van der Waals surface area (Å²) >= 11 is 0. The van der Waals surface area contributed by atoms with Crippen LogP contribution < -0.4 is 5.73 Å². The van der Waals surface area contributed by atoms with Gasteiger partial charge < -0.3 is 15.6 Å². The van der Waals surface area contributed by atoms with Crippen LogP contribution in [-0.2, 0) is 4.74 Å². The van der Waals surface area contributed by atoms with E-state index < -0.39 is 12.1 Å². The molecular weight excluding hydrogens is 182 g/mol. The molecule has 0 fully saturated rings. The van der Waals surface area contributed by atoms with Crippen LogP contribution in [0.15, 0.2) is 24.3 Å². The van der Waals surface area contributed by atoms with Crippen molar-refractivity contribution in [2.45, 2.75) is 13.0 Å². The van der Waals surface area contributed by atoms with E-state index in [1.54, 1.807) is 31.2 Å². The van der Waals surface area contributed by atoms with E-state index in [-0.39, 0.29) is 6.61 Å². The Labute approximate surface area is 82.3 Å². The zero-order valence-electron chi connectivity index (χ0n) is 7.93. The summed E-state index contributed by atoms with van der Waals surface area (Å²) in [5.41, 5.74) is 6.27. The van der Waals surface area contributed by atoms with Crippen molar-refractivity contribution in [1.82, 2.24) is 0 Å². The number of anilines is 1. The van der Waals surface area contributed by atoms with E-state index in [1.165, 1.54) is 0 Å². The van der Waals surface area contributed by atoms with E-state index in [1.807, 2.05) is 0 Å². The summed E-state index contributed by atoms with van der Waals surface area (Å²) in [5, 5.41) is 8.91. The number of aliphatic hydroxyl groups is 1. The Morgan fingerprint density at radius 1 is 1.57 bits per heavy atom. The third kappa shape index (κ3) is 2.74. The molecule has 0 aromatic heterocycles. The Kier molecular flexibility index (Phi) is 3.48. The van der Waals surface area contributed by atoms with Gasteiger partial charge in [-0.05, 0) is 19.1 Å². The van der Waals surface area contributed by atoms with Crippen molar-refractivity contribution in [3.05, 3.63) is 29.8 Å². The van der Waals surface area contributed by atoms with Crippen LogP contribution in [0, 0.1) is 0 Å². The summed E-state index contributed by atoms with van der Waals surface area (Å²) < 4.78 is 4.80. The molecule has 0 saturated carbocycles. The molecule has 1 aromatic carbocycles. The molecule has 0 amide bonds. The number of rotatable bonds is 3. The zero-order valence-corrected chi connectivity index (χ0v) is 7.93. The second kappa shape index (κ2) is 4.62. The van der Waals surface area contributed by atoms with Gasteiger partial charge in [0.2, 0.25) is 0 Å². The SMILES string of the molecule is CC(O)COC(=O)c1ccccc1N. The van der Waals surface area contributed by atoms with Crippen LogP contribution in [0.25, 0.3) is 0 Å². The molecule has 0 aliphatic rings. The van der Waals surface area contributed by atoms with Gasteiger partial charge in [-0.1, -0.05) is 12.1 Å². The van der Waals surface area contributed by atoms with Gasteiger partial charge >= 0.3 is 5.97 Å². The highest BCUT2D eigenvalue weighted by molar-refractivity contribution is 5.94. The van der Waals surface area contributed by atoms with E-state index in [9.17, 15) is 4.79 Å². The van der Waals surface area contributed by atoms with Crippen LogP contribution in [0.4, 0.5) is 5.69 Å². The number of nitrogens with two attached hydrogens (primary N) is 1. The van der Waals surface area contributed by atoms with Crippen molar-refractivity contribution >= 4 is 11.7 Å². The average molecular weight is 195 g/mol. The Hall–Kier alpha value is -1.55. The fraction of sp³-hybridized carbons (Fsp3) is 0.300. The number of aliphatic hydroxyl groups excluding tert-OH is 1. The summed E-state index contributed by atoms with van der Waals surface area (Å²) in [6.07, 6.45) is -0.663. The van der Waals surface area contributed by atoms with Gasteiger partial charge in [-0.15, -0.1) is 0 Å². The fourth-order valence-corrected chi connectivity index (χ4v) is 0.957. The van der Waals surface area contributed by atoms with Crippen molar-refractivity contribution < 1.29 is 14.6 Å². The van der Waals surface area contributed by atoms with Gasteiger partial charge in [0.25, 0.3) is 0 Å². The molecule has 1 unspecified atom stereocenters. The van der Waals surface area contributed by atoms with Crippen molar-refractivity contribution in [3.8, 4) is 0 Å². The minimum atomic E-state index is -0.663. The maximum Gasteiger partial charge on any atom is 0.340 e. The number of nitrogen functional groups attached to an aromatic ring is 1. The minimum absolute atomic E-state index is 0.0207. The number of esters is 1. The molecule has 1 rings (SSSR count). The number of hydrogen-bond donors (Lipinski definition) is 2. The predicted molar refractivity (Wildman–Crippen MR) is 52.8 cm³/mol. The number of benzene rings is 1. The van der Waals surface area contributed by atoms with Crippen molar-refractivity contribution in [2.24, 2.45) is 0 Å². The third-order valence-corrected chi connectivity index (χ3v) is 1.64. The van der Waals surface area contributed by atoms with E-state index in [0.717, 1.165) is 0 Å². The predicted octanol–water partition coefficient (Wildman–Crippen LogP) is 0.806. The second-order valence-corrected chi connectivity index (χ2v) is 3.03. The standard InChI is InChI=1S/C10H13NO3/c1-7(12)6-14-10(13)8-4-2-3-5-9(8)11/h2-5,7,12H,6,11H2,1H3. The summed E-state index contributed by atoms with van der Waals surface area (Å²) in [4.78, 5) is 11.4. The Morgan fingerprint density at radius 2 is 2.21 bits per heavy atom. The number of hydrogen-bond acceptors (Lipinski definition) is 4. The molecule has 0 spiro atoms. The Bertz CT molecular complexity index is 323. The number of para-hydroxylation sites is 1. The van der Waals surface area contributed by atoms with Gasteiger partial charge in [0, 0.05) is 5.69 Å². The highest BCUT2D eigenvalue weighted by Gasteiger charge is 2.10. The lowest BCUT2D eigenvalue weighted by Gasteiger charge is -2.07. The summed E-state index contributed by atoms with van der Waals surface area (Å²) in [7, 11) is 0. The summed E-state index contributed by atoms with van der Waals surface area (Å²) in [5.74, 6) is -0.510. The monoisotopic (exact) mass is 195 g/mol. The van der Waals surface area contributed by atoms with Crippen molar-refractivity contribution in [2.75, 3.05) is 12.3 Å². The summed E-state index contributed by atoms with van der Waals surface area (Å²) in [6, 6.07) is 6.65. The molecular formula is C10H13NO3. The van der Waals surface area contributed by atoms with E-state index >= 15 is 0 Å². The van der Waals surface area contributed by atoms with Crippen LogP contribution in [0.1, 0.15) is 17.3 Å². The molecule has 4 heteroatoms. The molecule has 0 saturated heterocycles. The zero-order chi connectivity index (χ0) is 10.6. The van der Waals surface area contributed by atoms with Crippen LogP contribution in [0.2, 0.25) is 0 Å². The van der Waals surface area contributed by atoms with E-state index in [0.29, 0.717) is 11.3 Å². The second-order valence-electron chi connectivity index (χ2n) is 3.03. The average Bonchev–Trinajstić information content (AvgIpc) is 2.15. The molecule has 0 heterocycles. The first-order valence-corrected chi connectivity index (χ1v) is 4.31. The maximum atomic E-state index is 11.4. The quantitative estimate of drug-likeness (QED) is 0.553. The third-order valence-electron chi connectivity index (χ3n) is 1.64. The van der Waals surface area contributed by atoms with Crippen LogP contribution in [0.5, 0.6) is 0 Å². The van der Waals surface area contributed by atoms with Gasteiger partial charge in [-0.2, -0.15) is 0 Å². The van der Waals surface area contributed by atoms with Gasteiger partial charge in [-0.3, -0.25) is 0 Å². The van der Waals surface area contributed by atoms with Crippen LogP contribution in [-0.4, -0.2) is 23.8 Å². The number of carbonyl (C=O) groups is 1. The van der Waals surface area contributed by atoms with Crippen LogP contribution in [0.3, 0.4) is 0 Å². The lowest BCUT2D eigenvalue weighted by atomic mass is 10.2. The molecule has 1 atom stereocenters. The Balaban J connectivity index is 2.65. The molecule has 0 aliphatic carbocycles. The molecule has 0 bridgehead atoms. The van der Waals surface area contributed by atoms with E-state index in [2.05, 4.69) is 0 Å². The first kappa shape index (κ1) is 10.5. The first-order valence-electron chi connectivity index (χ1n) is 4.31. The first-order chi connectivity index (χ1) is 6.61. The smallest absolute Gasteiger partial charge is 0.340 e. The maximum absolute atomic E-state index is 11.4. The lowest BCUT2D eigenvalue weighted by molar-refractivity contribution is 0.0297. The molecule has 14 heavy (non-hydrogen) atoms. The van der Waals surface area contributed by atoms with Crippen LogP contribution >= 0.6 is 0 Å². The van der Waals surface area contributed by atoms with Gasteiger partial charge in [0.15, 0.2) is 0 Å². The minimum Gasteiger partial charge on any atom is -0.459 e. The van der Waals surface area contributed by atoms with Gasteiger partial charge in [-0.25, -0.2) is 4.79 Å².